The number of carboxylic acid groups (broad SMARTS) is 1. The lowest BCUT2D eigenvalue weighted by atomic mass is 9.92. The van der Waals surface area contributed by atoms with Gasteiger partial charge in [0, 0.05) is 68.8 Å². The van der Waals surface area contributed by atoms with E-state index in [-0.39, 0.29) is 40.0 Å². The van der Waals surface area contributed by atoms with Crippen molar-refractivity contribution in [2.24, 2.45) is 5.73 Å². The topological polar surface area (TPSA) is 138 Å². The number of halogens is 3. The lowest BCUT2D eigenvalue weighted by Crippen LogP contribution is -2.58. The van der Waals surface area contributed by atoms with Crippen LogP contribution in [0.2, 0.25) is 10.0 Å². The molecule has 0 aliphatic carbocycles. The summed E-state index contributed by atoms with van der Waals surface area (Å²) < 4.78 is 32.6. The summed E-state index contributed by atoms with van der Waals surface area (Å²) in [4.78, 5) is 45.6. The number of piperazine rings is 1. The van der Waals surface area contributed by atoms with Crippen molar-refractivity contribution in [1.82, 2.24) is 9.80 Å². The molecule has 266 valence electrons. The normalized spacial score (nSPS) is 18.1. The maximum atomic E-state index is 15.8. The van der Waals surface area contributed by atoms with Gasteiger partial charge >= 0.3 is 5.97 Å². The van der Waals surface area contributed by atoms with E-state index < -0.39 is 29.6 Å². The number of nitrogens with two attached hydrogens (primary N) is 1. The molecule has 12 nitrogen and oxygen atoms in total. The molecule has 3 aliphatic rings. The number of carbonyl (C=O) groups excluding carboxylic acids is 2. The number of morpholine rings is 1. The molecule has 0 bridgehead atoms. The Hall–Kier alpha value is -4.14. The van der Waals surface area contributed by atoms with Gasteiger partial charge in [0.1, 0.15) is 17.6 Å². The van der Waals surface area contributed by atoms with Crippen molar-refractivity contribution in [1.29, 1.82) is 0 Å². The Bertz CT molecular complexity index is 1800. The Kier molecular flexibility index (Phi) is 10.7. The number of primary amides is 1. The van der Waals surface area contributed by atoms with Crippen LogP contribution in [0.15, 0.2) is 36.4 Å². The minimum atomic E-state index is -1.22. The summed E-state index contributed by atoms with van der Waals surface area (Å²) in [5.41, 5.74) is 8.57. The molecule has 2 fully saturated rings. The van der Waals surface area contributed by atoms with Gasteiger partial charge in [-0.25, -0.2) is 9.18 Å². The monoisotopic (exact) mass is 729 g/mol. The first-order valence-electron chi connectivity index (χ1n) is 16.2. The van der Waals surface area contributed by atoms with Crippen LogP contribution in [0.5, 0.6) is 5.75 Å². The number of ether oxygens (including phenoxy) is 3. The van der Waals surface area contributed by atoms with Crippen LogP contribution in [0, 0.1) is 12.7 Å². The third-order valence-electron chi connectivity index (χ3n) is 9.44. The zero-order chi connectivity index (χ0) is 35.7. The number of hydrogen-bond donors (Lipinski definition) is 2. The number of methoxy groups -OCH3 is 1. The van der Waals surface area contributed by atoms with Gasteiger partial charge in [-0.1, -0.05) is 41.4 Å². The zero-order valence-corrected chi connectivity index (χ0v) is 29.2. The molecule has 1 atom stereocenters. The molecule has 3 aromatic carbocycles. The van der Waals surface area contributed by atoms with E-state index in [1.807, 2.05) is 14.7 Å². The van der Waals surface area contributed by atoms with E-state index in [0.29, 0.717) is 92.9 Å². The summed E-state index contributed by atoms with van der Waals surface area (Å²) >= 11 is 13.4. The van der Waals surface area contributed by atoms with Crippen LogP contribution in [0.3, 0.4) is 0 Å². The van der Waals surface area contributed by atoms with Gasteiger partial charge in [0.05, 0.1) is 53.2 Å². The first-order chi connectivity index (χ1) is 24.0. The first-order valence-corrected chi connectivity index (χ1v) is 16.9. The Morgan fingerprint density at radius 2 is 1.78 bits per heavy atom. The number of rotatable bonds is 9. The highest BCUT2D eigenvalue weighted by Crippen LogP contribution is 2.43. The lowest BCUT2D eigenvalue weighted by molar-refractivity contribution is -0.123. The van der Waals surface area contributed by atoms with Gasteiger partial charge in [-0.05, 0) is 30.7 Å². The van der Waals surface area contributed by atoms with Gasteiger partial charge in [0.2, 0.25) is 5.91 Å². The van der Waals surface area contributed by atoms with Crippen molar-refractivity contribution in [2.45, 2.75) is 19.5 Å². The number of carboxylic acids is 1. The van der Waals surface area contributed by atoms with Gasteiger partial charge in [-0.2, -0.15) is 0 Å². The van der Waals surface area contributed by atoms with Crippen LogP contribution in [0.4, 0.5) is 15.8 Å². The Morgan fingerprint density at radius 3 is 2.44 bits per heavy atom. The van der Waals surface area contributed by atoms with Gasteiger partial charge in [-0.15, -0.1) is 0 Å². The van der Waals surface area contributed by atoms with E-state index in [9.17, 15) is 19.5 Å². The van der Waals surface area contributed by atoms with Gasteiger partial charge in [0.25, 0.3) is 5.91 Å². The average Bonchev–Trinajstić information content (AvgIpc) is 3.10. The zero-order valence-electron chi connectivity index (χ0n) is 27.7. The molecule has 0 saturated carbocycles. The van der Waals surface area contributed by atoms with Crippen LogP contribution in [0.25, 0.3) is 11.1 Å². The highest BCUT2D eigenvalue weighted by atomic mass is 35.5. The fourth-order valence-corrected chi connectivity index (χ4v) is 7.60. The van der Waals surface area contributed by atoms with Crippen molar-refractivity contribution < 1.29 is 38.1 Å². The van der Waals surface area contributed by atoms with Crippen molar-refractivity contribution >= 4 is 52.4 Å². The molecule has 2 amide bonds. The highest BCUT2D eigenvalue weighted by molar-refractivity contribution is 6.40. The Labute approximate surface area is 299 Å². The van der Waals surface area contributed by atoms with Crippen LogP contribution >= 0.6 is 23.2 Å². The number of benzene rings is 3. The van der Waals surface area contributed by atoms with Crippen LogP contribution in [-0.2, 0) is 20.8 Å². The van der Waals surface area contributed by atoms with Crippen LogP contribution in [-0.4, -0.2) is 112 Å². The average molecular weight is 731 g/mol. The van der Waals surface area contributed by atoms with E-state index in [1.54, 1.807) is 44.4 Å². The fourth-order valence-electron chi connectivity index (χ4n) is 6.96. The molecule has 6 rings (SSSR count). The standard InChI is InChI=1S/C35H38Cl2FN5O7/c1-20-29(27(38)16-24(35(46)47)31(20)41-9-12-49-13-10-41)23-5-3-4-21-17-43(19-50-32(21)23)34(45)30-25(36)14-22(15-26(30)37)42-7-6-40(8-11-48-2)28(18-42)33(39)44/h3-5,14-16,28H,6-13,17-19H2,1-2H3,(H2,39,44)(H,46,47). The molecule has 1 unspecified atom stereocenters. The molecule has 3 aromatic rings. The van der Waals surface area contributed by atoms with E-state index in [4.69, 9.17) is 43.1 Å². The largest absolute Gasteiger partial charge is 0.478 e. The fraction of sp³-hybridized carbons (Fsp3) is 0.400. The summed E-state index contributed by atoms with van der Waals surface area (Å²) in [5, 5.41) is 10.2. The summed E-state index contributed by atoms with van der Waals surface area (Å²) in [6, 6.07) is 9.07. The van der Waals surface area contributed by atoms with E-state index >= 15 is 4.39 Å². The van der Waals surface area contributed by atoms with Crippen molar-refractivity contribution in [3.05, 3.63) is 74.5 Å². The van der Waals surface area contributed by atoms with Crippen LogP contribution in [0.1, 0.15) is 31.8 Å². The number of hydrogen-bond acceptors (Lipinski definition) is 9. The molecule has 3 N–H and O–H groups in total. The molecular weight excluding hydrogens is 692 g/mol. The molecule has 50 heavy (non-hydrogen) atoms. The number of amides is 2. The predicted octanol–water partition coefficient (Wildman–Crippen LogP) is 4.26. The van der Waals surface area contributed by atoms with Gasteiger partial charge in [-0.3, -0.25) is 14.5 Å². The van der Waals surface area contributed by atoms with Gasteiger partial charge in [0.15, 0.2) is 6.73 Å². The second-order valence-corrected chi connectivity index (χ2v) is 13.2. The van der Waals surface area contributed by atoms with Crippen molar-refractivity contribution in [3.63, 3.8) is 0 Å². The lowest BCUT2D eigenvalue weighted by Gasteiger charge is -2.41. The molecule has 0 radical (unpaired) electrons. The number of anilines is 2. The second kappa shape index (κ2) is 15.0. The van der Waals surface area contributed by atoms with E-state index in [2.05, 4.69) is 0 Å². The highest BCUT2D eigenvalue weighted by Gasteiger charge is 2.34. The molecule has 0 aromatic heterocycles. The number of nitrogens with zero attached hydrogens (tertiary/aromatic N) is 4. The summed E-state index contributed by atoms with van der Waals surface area (Å²) in [6.45, 7) is 5.98. The molecule has 2 saturated heterocycles. The second-order valence-electron chi connectivity index (χ2n) is 12.4. The third-order valence-corrected chi connectivity index (χ3v) is 10.0. The summed E-state index contributed by atoms with van der Waals surface area (Å²) in [6.07, 6.45) is 0. The number of carbonyl (C=O) groups is 3. The number of aromatic carboxylic acids is 1. The minimum absolute atomic E-state index is 0.103. The molecular formula is C35H38Cl2FN5O7. The first kappa shape index (κ1) is 35.7. The van der Waals surface area contributed by atoms with Crippen LogP contribution < -0.4 is 20.3 Å². The van der Waals surface area contributed by atoms with E-state index in [1.165, 1.54) is 4.90 Å². The summed E-state index contributed by atoms with van der Waals surface area (Å²) in [5.74, 6) is -2.41. The molecule has 15 heteroatoms. The van der Waals surface area contributed by atoms with E-state index in [0.717, 1.165) is 6.07 Å². The minimum Gasteiger partial charge on any atom is -0.478 e. The Balaban J connectivity index is 1.25. The quantitative estimate of drug-likeness (QED) is 0.329. The summed E-state index contributed by atoms with van der Waals surface area (Å²) in [7, 11) is 1.60. The Morgan fingerprint density at radius 1 is 1.06 bits per heavy atom. The van der Waals surface area contributed by atoms with Crippen molar-refractivity contribution in [3.8, 4) is 16.9 Å². The molecule has 3 heterocycles. The van der Waals surface area contributed by atoms with Crippen molar-refractivity contribution in [2.75, 3.05) is 82.7 Å². The maximum absolute atomic E-state index is 15.8. The molecule has 3 aliphatic heterocycles. The number of para-hydroxylation sites is 1. The predicted molar refractivity (Wildman–Crippen MR) is 187 cm³/mol. The van der Waals surface area contributed by atoms with Gasteiger partial charge < -0.3 is 39.8 Å². The number of fused-ring (bicyclic) bond motifs is 1. The maximum Gasteiger partial charge on any atom is 0.337 e. The molecule has 0 spiro atoms. The smallest absolute Gasteiger partial charge is 0.337 e. The third kappa shape index (κ3) is 6.93. The SMILES string of the molecule is COCCN1CCN(c2cc(Cl)c(C(=O)N3COc4c(cccc4-c4c(F)cc(C(=O)O)c(N5CCOCC5)c4C)C3)c(Cl)c2)CC1C(N)=O.